The van der Waals surface area contributed by atoms with Crippen LogP contribution in [0.2, 0.25) is 0 Å². The van der Waals surface area contributed by atoms with Crippen LogP contribution < -0.4 is 10.6 Å². The van der Waals surface area contributed by atoms with Crippen LogP contribution in [0.1, 0.15) is 24.8 Å². The summed E-state index contributed by atoms with van der Waals surface area (Å²) in [6, 6.07) is 4.05. The van der Waals surface area contributed by atoms with E-state index in [0.29, 0.717) is 6.54 Å². The van der Waals surface area contributed by atoms with Crippen molar-refractivity contribution in [2.24, 2.45) is 0 Å². The summed E-state index contributed by atoms with van der Waals surface area (Å²) in [5, 5.41) is 14.7. The van der Waals surface area contributed by atoms with Crippen molar-refractivity contribution in [1.82, 2.24) is 5.32 Å². The molecule has 18 heavy (non-hydrogen) atoms. The number of nitrogens with one attached hydrogen (secondary N) is 2. The van der Waals surface area contributed by atoms with E-state index in [2.05, 4.69) is 10.6 Å². The van der Waals surface area contributed by atoms with Crippen molar-refractivity contribution in [3.8, 4) is 6.07 Å². The van der Waals surface area contributed by atoms with E-state index >= 15 is 0 Å². The lowest BCUT2D eigenvalue weighted by Crippen LogP contribution is -2.39. The highest BCUT2D eigenvalue weighted by atomic mass is 19.1. The van der Waals surface area contributed by atoms with Gasteiger partial charge in [0.05, 0.1) is 11.6 Å². The lowest BCUT2D eigenvalue weighted by atomic mass is 10.0. The number of nitrogens with zero attached hydrogens (tertiary/aromatic N) is 1. The SMILES string of the molecule is N#Cc1cc(F)c(NC[C@@H]2CCCCN2)c(F)c1. The molecule has 1 heterocycles. The first kappa shape index (κ1) is 12.8. The van der Waals surface area contributed by atoms with Crippen LogP contribution in [0.4, 0.5) is 14.5 Å². The van der Waals surface area contributed by atoms with Gasteiger partial charge in [0.2, 0.25) is 0 Å². The molecule has 5 heteroatoms. The third-order valence-electron chi connectivity index (χ3n) is 3.11. The Balaban J connectivity index is 2.02. The van der Waals surface area contributed by atoms with Crippen molar-refractivity contribution < 1.29 is 8.78 Å². The second kappa shape index (κ2) is 5.78. The van der Waals surface area contributed by atoms with Gasteiger partial charge in [-0.05, 0) is 31.5 Å². The van der Waals surface area contributed by atoms with Crippen LogP contribution >= 0.6 is 0 Å². The normalized spacial score (nSPS) is 19.3. The molecule has 1 aliphatic heterocycles. The summed E-state index contributed by atoms with van der Waals surface area (Å²) in [6.45, 7) is 1.43. The summed E-state index contributed by atoms with van der Waals surface area (Å²) >= 11 is 0. The van der Waals surface area contributed by atoms with E-state index < -0.39 is 11.6 Å². The predicted molar refractivity (Wildman–Crippen MR) is 65.2 cm³/mol. The maximum absolute atomic E-state index is 13.6. The van der Waals surface area contributed by atoms with E-state index in [4.69, 9.17) is 5.26 Å². The van der Waals surface area contributed by atoms with Gasteiger partial charge in [0.1, 0.15) is 5.69 Å². The van der Waals surface area contributed by atoms with Gasteiger partial charge in [-0.15, -0.1) is 0 Å². The van der Waals surface area contributed by atoms with Gasteiger partial charge >= 0.3 is 0 Å². The maximum Gasteiger partial charge on any atom is 0.150 e. The fourth-order valence-electron chi connectivity index (χ4n) is 2.13. The lowest BCUT2D eigenvalue weighted by molar-refractivity contribution is 0.413. The van der Waals surface area contributed by atoms with Gasteiger partial charge in [0.15, 0.2) is 11.6 Å². The quantitative estimate of drug-likeness (QED) is 0.867. The second-order valence-electron chi connectivity index (χ2n) is 4.45. The molecule has 1 atom stereocenters. The number of nitriles is 1. The number of anilines is 1. The van der Waals surface area contributed by atoms with E-state index in [-0.39, 0.29) is 17.3 Å². The van der Waals surface area contributed by atoms with Crippen LogP contribution in [0.25, 0.3) is 0 Å². The number of hydrogen-bond donors (Lipinski definition) is 2. The Morgan fingerprint density at radius 2 is 2.06 bits per heavy atom. The Labute approximate surface area is 105 Å². The van der Waals surface area contributed by atoms with Gasteiger partial charge in [-0.2, -0.15) is 5.26 Å². The topological polar surface area (TPSA) is 47.9 Å². The molecule has 1 aromatic carbocycles. The second-order valence-corrected chi connectivity index (χ2v) is 4.45. The van der Waals surface area contributed by atoms with Crippen LogP contribution in [0, 0.1) is 23.0 Å². The molecule has 0 spiro atoms. The Morgan fingerprint density at radius 3 is 2.61 bits per heavy atom. The Bertz CT molecular complexity index is 439. The average Bonchev–Trinajstić information content (AvgIpc) is 2.38. The van der Waals surface area contributed by atoms with Gasteiger partial charge in [-0.25, -0.2) is 8.78 Å². The van der Waals surface area contributed by atoms with Crippen LogP contribution in [-0.2, 0) is 0 Å². The molecule has 0 bridgehead atoms. The predicted octanol–water partition coefficient (Wildman–Crippen LogP) is 2.39. The summed E-state index contributed by atoms with van der Waals surface area (Å²) in [5.41, 5.74) is -0.160. The van der Waals surface area contributed by atoms with Gasteiger partial charge in [-0.3, -0.25) is 0 Å². The average molecular weight is 251 g/mol. The van der Waals surface area contributed by atoms with Gasteiger partial charge < -0.3 is 10.6 Å². The van der Waals surface area contributed by atoms with Crippen LogP contribution in [0.5, 0.6) is 0 Å². The maximum atomic E-state index is 13.6. The van der Waals surface area contributed by atoms with Gasteiger partial charge in [0, 0.05) is 12.6 Å². The number of hydrogen-bond acceptors (Lipinski definition) is 3. The standard InChI is InChI=1S/C13H15F2N3/c14-11-5-9(7-16)6-12(15)13(11)18-8-10-3-1-2-4-17-10/h5-6,10,17-18H,1-4,8H2/t10-/m0/s1. The molecular weight excluding hydrogens is 236 g/mol. The molecule has 3 nitrogen and oxygen atoms in total. The fraction of sp³-hybridized carbons (Fsp3) is 0.462. The van der Waals surface area contributed by atoms with Crippen LogP contribution in [0.3, 0.4) is 0 Å². The highest BCUT2D eigenvalue weighted by Gasteiger charge is 2.15. The molecule has 0 aliphatic carbocycles. The minimum Gasteiger partial charge on any atom is -0.379 e. The first-order valence-electron chi connectivity index (χ1n) is 6.07. The highest BCUT2D eigenvalue weighted by Crippen LogP contribution is 2.21. The summed E-state index contributed by atoms with van der Waals surface area (Å²) in [5.74, 6) is -1.44. The van der Waals surface area contributed by atoms with E-state index in [1.807, 2.05) is 0 Å². The Kier molecular flexibility index (Phi) is 4.11. The molecule has 2 N–H and O–H groups in total. The zero-order chi connectivity index (χ0) is 13.0. The van der Waals surface area contributed by atoms with E-state index in [1.165, 1.54) is 0 Å². The lowest BCUT2D eigenvalue weighted by Gasteiger charge is -2.24. The van der Waals surface area contributed by atoms with E-state index in [0.717, 1.165) is 37.9 Å². The molecule has 96 valence electrons. The number of benzene rings is 1. The van der Waals surface area contributed by atoms with Crippen LogP contribution in [-0.4, -0.2) is 19.1 Å². The summed E-state index contributed by atoms with van der Waals surface area (Å²) in [6.07, 6.45) is 3.29. The minimum absolute atomic E-state index is 0.00802. The molecule has 1 aliphatic rings. The summed E-state index contributed by atoms with van der Waals surface area (Å²) in [4.78, 5) is 0. The molecule has 1 fully saturated rings. The van der Waals surface area contributed by atoms with Gasteiger partial charge in [-0.1, -0.05) is 6.42 Å². The minimum atomic E-state index is -0.720. The van der Waals surface area contributed by atoms with Crippen molar-refractivity contribution in [3.63, 3.8) is 0 Å². The van der Waals surface area contributed by atoms with E-state index in [9.17, 15) is 8.78 Å². The molecule has 0 unspecified atom stereocenters. The van der Waals surface area contributed by atoms with Crippen molar-refractivity contribution >= 4 is 5.69 Å². The summed E-state index contributed by atoms with van der Waals surface area (Å²) < 4.78 is 27.2. The molecule has 1 saturated heterocycles. The molecule has 0 aromatic heterocycles. The molecular formula is C13H15F2N3. The highest BCUT2D eigenvalue weighted by molar-refractivity contribution is 5.50. The first-order chi connectivity index (χ1) is 8.70. The van der Waals surface area contributed by atoms with Crippen molar-refractivity contribution in [3.05, 3.63) is 29.3 Å². The monoisotopic (exact) mass is 251 g/mol. The largest absolute Gasteiger partial charge is 0.379 e. The molecule has 2 rings (SSSR count). The first-order valence-corrected chi connectivity index (χ1v) is 6.07. The Morgan fingerprint density at radius 1 is 1.33 bits per heavy atom. The van der Waals surface area contributed by atoms with Crippen LogP contribution in [0.15, 0.2) is 12.1 Å². The Hall–Kier alpha value is -1.67. The number of piperidine rings is 1. The third-order valence-corrected chi connectivity index (χ3v) is 3.11. The zero-order valence-electron chi connectivity index (χ0n) is 9.97. The molecule has 0 radical (unpaired) electrons. The third kappa shape index (κ3) is 2.96. The van der Waals surface area contributed by atoms with Crippen molar-refractivity contribution in [1.29, 1.82) is 5.26 Å². The molecule has 0 amide bonds. The number of halogens is 2. The van der Waals surface area contributed by atoms with Crippen molar-refractivity contribution in [2.75, 3.05) is 18.4 Å². The zero-order valence-corrected chi connectivity index (χ0v) is 9.97. The fourth-order valence-corrected chi connectivity index (χ4v) is 2.13. The number of rotatable bonds is 3. The van der Waals surface area contributed by atoms with E-state index in [1.54, 1.807) is 6.07 Å². The smallest absolute Gasteiger partial charge is 0.150 e. The van der Waals surface area contributed by atoms with Gasteiger partial charge in [0.25, 0.3) is 0 Å². The summed E-state index contributed by atoms with van der Waals surface area (Å²) in [7, 11) is 0. The van der Waals surface area contributed by atoms with Crippen molar-refractivity contribution in [2.45, 2.75) is 25.3 Å². The molecule has 1 aromatic rings. The molecule has 0 saturated carbocycles.